The molecule has 1 unspecified atom stereocenters. The van der Waals surface area contributed by atoms with Gasteiger partial charge in [-0.25, -0.2) is 0 Å². The Bertz CT molecular complexity index is 443. The van der Waals surface area contributed by atoms with Gasteiger partial charge >= 0.3 is 0 Å². The molecule has 1 saturated carbocycles. The van der Waals surface area contributed by atoms with Crippen LogP contribution >= 0.6 is 11.6 Å². The molecular weight excluding hydrogens is 286 g/mol. The van der Waals surface area contributed by atoms with Crippen LogP contribution in [0.4, 0.5) is 0 Å². The van der Waals surface area contributed by atoms with Crippen molar-refractivity contribution in [3.8, 4) is 0 Å². The number of carbonyl (C=O) groups excluding carboxylic acids is 1. The first-order chi connectivity index (χ1) is 10.2. The van der Waals surface area contributed by atoms with Crippen LogP contribution in [-0.2, 0) is 14.9 Å². The Labute approximate surface area is 132 Å². The molecule has 0 saturated heterocycles. The Morgan fingerprint density at radius 2 is 2.10 bits per heavy atom. The lowest BCUT2D eigenvalue weighted by atomic mass is 9.59. The van der Waals surface area contributed by atoms with Crippen LogP contribution in [0.25, 0.3) is 0 Å². The van der Waals surface area contributed by atoms with Crippen molar-refractivity contribution < 1.29 is 9.53 Å². The number of hydrogen-bond acceptors (Lipinski definition) is 2. The number of halogens is 1. The first-order valence-electron chi connectivity index (χ1n) is 7.76. The second-order valence-electron chi connectivity index (χ2n) is 5.69. The van der Waals surface area contributed by atoms with E-state index in [0.29, 0.717) is 0 Å². The topological polar surface area (TPSA) is 38.3 Å². The van der Waals surface area contributed by atoms with Gasteiger partial charge in [0.05, 0.1) is 0 Å². The number of rotatable bonds is 9. The largest absolute Gasteiger partial charge is 0.382 e. The van der Waals surface area contributed by atoms with Gasteiger partial charge < -0.3 is 10.1 Å². The molecule has 1 fully saturated rings. The second-order valence-corrected chi connectivity index (χ2v) is 6.13. The van der Waals surface area contributed by atoms with Crippen molar-refractivity contribution in [1.82, 2.24) is 5.32 Å². The minimum absolute atomic E-state index is 0.0672. The summed E-state index contributed by atoms with van der Waals surface area (Å²) in [7, 11) is 0. The minimum atomic E-state index is 0.0672. The smallest absolute Gasteiger partial charge is 0.207 e. The molecule has 4 heteroatoms. The molecule has 3 nitrogen and oxygen atoms in total. The molecule has 0 bridgehead atoms. The number of hydrogen-bond donors (Lipinski definition) is 1. The highest BCUT2D eigenvalue weighted by Gasteiger charge is 2.44. The highest BCUT2D eigenvalue weighted by molar-refractivity contribution is 6.30. The summed E-state index contributed by atoms with van der Waals surface area (Å²) in [4.78, 5) is 11.0. The van der Waals surface area contributed by atoms with Gasteiger partial charge in [0.25, 0.3) is 0 Å². The number of benzene rings is 1. The Kier molecular flexibility index (Phi) is 6.07. The number of amides is 1. The molecule has 116 valence electrons. The predicted octanol–water partition coefficient (Wildman–Crippen LogP) is 3.69. The first-order valence-corrected chi connectivity index (χ1v) is 8.14. The number of carbonyl (C=O) groups is 1. The van der Waals surface area contributed by atoms with Crippen LogP contribution in [0.3, 0.4) is 0 Å². The molecular formula is C17H24ClNO2. The summed E-state index contributed by atoms with van der Waals surface area (Å²) in [6, 6.07) is 8.25. The maximum Gasteiger partial charge on any atom is 0.207 e. The molecule has 1 atom stereocenters. The zero-order valence-corrected chi connectivity index (χ0v) is 13.4. The van der Waals surface area contributed by atoms with Crippen molar-refractivity contribution in [3.05, 3.63) is 34.9 Å². The molecule has 0 heterocycles. The van der Waals surface area contributed by atoms with E-state index < -0.39 is 0 Å². The summed E-state index contributed by atoms with van der Waals surface area (Å²) in [6.45, 7) is 3.50. The third kappa shape index (κ3) is 3.78. The maximum absolute atomic E-state index is 11.0. The number of ether oxygens (including phenoxy) is 1. The molecule has 0 aromatic heterocycles. The van der Waals surface area contributed by atoms with Gasteiger partial charge in [-0.2, -0.15) is 0 Å². The van der Waals surface area contributed by atoms with Gasteiger partial charge in [-0.3, -0.25) is 4.79 Å². The number of nitrogens with one attached hydrogen (secondary N) is 1. The highest BCUT2D eigenvalue weighted by atomic mass is 35.5. The van der Waals surface area contributed by atoms with Gasteiger partial charge in [0.15, 0.2) is 0 Å². The molecule has 1 aliphatic rings. The molecule has 0 spiro atoms. The van der Waals surface area contributed by atoms with E-state index in [1.54, 1.807) is 0 Å². The summed E-state index contributed by atoms with van der Waals surface area (Å²) in [6.07, 6.45) is 6.20. The van der Waals surface area contributed by atoms with E-state index in [-0.39, 0.29) is 11.5 Å². The minimum Gasteiger partial charge on any atom is -0.382 e. The summed E-state index contributed by atoms with van der Waals surface area (Å²) in [5.41, 5.74) is 1.35. The predicted molar refractivity (Wildman–Crippen MR) is 85.7 cm³/mol. The Hall–Kier alpha value is -1.06. The van der Waals surface area contributed by atoms with Crippen molar-refractivity contribution in [3.63, 3.8) is 0 Å². The zero-order chi connectivity index (χ0) is 15.1. The van der Waals surface area contributed by atoms with Crippen molar-refractivity contribution >= 4 is 18.0 Å². The molecule has 21 heavy (non-hydrogen) atoms. The SMILES string of the molecule is CCOCCCC(NC=O)C1(c2ccc(Cl)cc2)CCC1. The normalized spacial score (nSPS) is 17.8. The van der Waals surface area contributed by atoms with E-state index in [4.69, 9.17) is 16.3 Å². The van der Waals surface area contributed by atoms with Crippen molar-refractivity contribution in [1.29, 1.82) is 0 Å². The van der Waals surface area contributed by atoms with Crippen LogP contribution in [0.2, 0.25) is 5.02 Å². The molecule has 1 amide bonds. The average Bonchev–Trinajstić information content (AvgIpc) is 2.44. The second kappa shape index (κ2) is 7.81. The molecule has 2 rings (SSSR count). The molecule has 1 N–H and O–H groups in total. The van der Waals surface area contributed by atoms with Crippen LogP contribution in [0, 0.1) is 0 Å². The van der Waals surface area contributed by atoms with Gasteiger partial charge in [0.2, 0.25) is 6.41 Å². The van der Waals surface area contributed by atoms with Gasteiger partial charge in [-0.05, 0) is 50.3 Å². The van der Waals surface area contributed by atoms with Crippen LogP contribution < -0.4 is 5.32 Å². The average molecular weight is 310 g/mol. The fourth-order valence-corrected chi connectivity index (χ4v) is 3.44. The highest BCUT2D eigenvalue weighted by Crippen LogP contribution is 2.47. The molecule has 0 radical (unpaired) electrons. The van der Waals surface area contributed by atoms with E-state index in [2.05, 4.69) is 17.4 Å². The van der Waals surface area contributed by atoms with Gasteiger partial charge in [0, 0.05) is 29.7 Å². The summed E-state index contributed by atoms with van der Waals surface area (Å²) >= 11 is 5.99. The Morgan fingerprint density at radius 3 is 2.62 bits per heavy atom. The Balaban J connectivity index is 2.10. The van der Waals surface area contributed by atoms with Crippen LogP contribution in [0.5, 0.6) is 0 Å². The Morgan fingerprint density at radius 1 is 1.38 bits per heavy atom. The van der Waals surface area contributed by atoms with E-state index >= 15 is 0 Å². The zero-order valence-electron chi connectivity index (χ0n) is 12.6. The summed E-state index contributed by atoms with van der Waals surface area (Å²) in [5.74, 6) is 0. The quantitative estimate of drug-likeness (QED) is 0.558. The van der Waals surface area contributed by atoms with E-state index in [1.807, 2.05) is 19.1 Å². The standard InChI is InChI=1S/C17H24ClNO2/c1-2-21-12-3-5-16(19-13-20)17(10-4-11-17)14-6-8-15(18)9-7-14/h6-9,13,16H,2-5,10-12H2,1H3,(H,19,20). The van der Waals surface area contributed by atoms with E-state index in [0.717, 1.165) is 50.3 Å². The molecule has 1 aromatic carbocycles. The third-order valence-corrected chi connectivity index (χ3v) is 4.84. The fourth-order valence-electron chi connectivity index (χ4n) is 3.31. The third-order valence-electron chi connectivity index (χ3n) is 4.59. The lowest BCUT2D eigenvalue weighted by Crippen LogP contribution is -2.52. The lowest BCUT2D eigenvalue weighted by molar-refractivity contribution is -0.111. The maximum atomic E-state index is 11.0. The summed E-state index contributed by atoms with van der Waals surface area (Å²) in [5, 5.41) is 3.80. The first kappa shape index (κ1) is 16.3. The van der Waals surface area contributed by atoms with E-state index in [1.165, 1.54) is 12.0 Å². The molecule has 1 aromatic rings. The van der Waals surface area contributed by atoms with Gasteiger partial charge in [-0.15, -0.1) is 0 Å². The van der Waals surface area contributed by atoms with Gasteiger partial charge in [0.1, 0.15) is 0 Å². The van der Waals surface area contributed by atoms with Gasteiger partial charge in [-0.1, -0.05) is 30.2 Å². The van der Waals surface area contributed by atoms with Crippen molar-refractivity contribution in [2.75, 3.05) is 13.2 Å². The van der Waals surface area contributed by atoms with Crippen LogP contribution in [0.1, 0.15) is 44.6 Å². The van der Waals surface area contributed by atoms with Crippen molar-refractivity contribution in [2.45, 2.75) is 50.5 Å². The van der Waals surface area contributed by atoms with Crippen LogP contribution in [0.15, 0.2) is 24.3 Å². The van der Waals surface area contributed by atoms with E-state index in [9.17, 15) is 4.79 Å². The summed E-state index contributed by atoms with van der Waals surface area (Å²) < 4.78 is 5.41. The van der Waals surface area contributed by atoms with Crippen LogP contribution in [-0.4, -0.2) is 25.7 Å². The molecule has 1 aliphatic carbocycles. The molecule has 0 aliphatic heterocycles. The van der Waals surface area contributed by atoms with Crippen molar-refractivity contribution in [2.24, 2.45) is 0 Å². The fraction of sp³-hybridized carbons (Fsp3) is 0.588. The monoisotopic (exact) mass is 309 g/mol. The lowest BCUT2D eigenvalue weighted by Gasteiger charge is -2.48.